The third kappa shape index (κ3) is 3.45. The van der Waals surface area contributed by atoms with Crippen LogP contribution >= 0.6 is 11.6 Å². The van der Waals surface area contributed by atoms with E-state index in [2.05, 4.69) is 0 Å². The van der Waals surface area contributed by atoms with Gasteiger partial charge in [-0.1, -0.05) is 24.4 Å². The summed E-state index contributed by atoms with van der Waals surface area (Å²) in [5.74, 6) is 0.553. The molecule has 4 rings (SSSR count). The molecule has 2 aliphatic carbocycles. The van der Waals surface area contributed by atoms with E-state index in [4.69, 9.17) is 21.4 Å². The molecule has 0 radical (unpaired) electrons. The lowest BCUT2D eigenvalue weighted by molar-refractivity contribution is 0.0657. The number of carbonyl (C=O) groups is 1. The van der Waals surface area contributed by atoms with Crippen molar-refractivity contribution >= 4 is 17.5 Å². The maximum absolute atomic E-state index is 13.5. The highest BCUT2D eigenvalue weighted by atomic mass is 35.5. The van der Waals surface area contributed by atoms with E-state index in [0.717, 1.165) is 31.4 Å². The average molecular weight is 388 g/mol. The van der Waals surface area contributed by atoms with Crippen molar-refractivity contribution in [2.45, 2.75) is 57.5 Å². The zero-order valence-electron chi connectivity index (χ0n) is 16.0. The molecule has 5 nitrogen and oxygen atoms in total. The zero-order chi connectivity index (χ0) is 19.0. The fraction of sp³-hybridized carbons (Fsp3) is 0.524. The first-order valence-electron chi connectivity index (χ1n) is 9.76. The van der Waals surface area contributed by atoms with Gasteiger partial charge < -0.3 is 9.64 Å². The lowest BCUT2D eigenvalue weighted by Crippen LogP contribution is -2.38. The molecule has 2 aliphatic rings. The fourth-order valence-electron chi connectivity index (χ4n) is 4.57. The zero-order valence-corrected chi connectivity index (χ0v) is 16.8. The molecule has 6 heteroatoms. The molecule has 2 aromatic rings. The van der Waals surface area contributed by atoms with E-state index in [-0.39, 0.29) is 11.9 Å². The molecule has 1 fully saturated rings. The van der Waals surface area contributed by atoms with Crippen molar-refractivity contribution in [3.63, 3.8) is 0 Å². The molecule has 0 N–H and O–H groups in total. The van der Waals surface area contributed by atoms with E-state index in [1.165, 1.54) is 30.5 Å². The summed E-state index contributed by atoms with van der Waals surface area (Å²) < 4.78 is 7.43. The second kappa shape index (κ2) is 7.55. The van der Waals surface area contributed by atoms with Gasteiger partial charge in [0.25, 0.3) is 5.91 Å². The number of amides is 1. The van der Waals surface area contributed by atoms with Gasteiger partial charge in [0, 0.05) is 23.8 Å². The minimum atomic E-state index is -0.0151. The molecular weight excluding hydrogens is 362 g/mol. The number of rotatable bonds is 5. The minimum Gasteiger partial charge on any atom is -0.496 e. The fourth-order valence-corrected chi connectivity index (χ4v) is 4.74. The van der Waals surface area contributed by atoms with E-state index >= 15 is 0 Å². The number of benzene rings is 1. The Balaban J connectivity index is 1.69. The topological polar surface area (TPSA) is 47.4 Å². The number of halogens is 1. The van der Waals surface area contributed by atoms with Gasteiger partial charge in [-0.3, -0.25) is 9.48 Å². The monoisotopic (exact) mass is 387 g/mol. The van der Waals surface area contributed by atoms with E-state index < -0.39 is 0 Å². The summed E-state index contributed by atoms with van der Waals surface area (Å²) in [5, 5.41) is 5.29. The van der Waals surface area contributed by atoms with Crippen molar-refractivity contribution < 1.29 is 9.53 Å². The number of aromatic nitrogens is 2. The van der Waals surface area contributed by atoms with Gasteiger partial charge in [0.1, 0.15) is 5.75 Å². The van der Waals surface area contributed by atoms with Crippen LogP contribution in [0.4, 0.5) is 0 Å². The predicted molar refractivity (Wildman–Crippen MR) is 105 cm³/mol. The van der Waals surface area contributed by atoms with E-state index in [9.17, 15) is 4.79 Å². The maximum Gasteiger partial charge on any atom is 0.258 e. The first-order chi connectivity index (χ1) is 13.1. The molecule has 0 saturated heterocycles. The molecule has 1 amide bonds. The SMILES string of the molecule is COc1ccc(Cl)cc1C(=O)N(Cc1nn(C)c2c1CCC2)C1CCCC1. The van der Waals surface area contributed by atoms with Crippen LogP contribution in [0.1, 0.15) is 59.4 Å². The number of aryl methyl sites for hydroxylation is 1. The number of methoxy groups -OCH3 is 1. The molecule has 1 saturated carbocycles. The van der Waals surface area contributed by atoms with Crippen molar-refractivity contribution in [2.75, 3.05) is 7.11 Å². The van der Waals surface area contributed by atoms with Crippen LogP contribution in [0, 0.1) is 0 Å². The molecule has 0 aliphatic heterocycles. The number of hydrogen-bond acceptors (Lipinski definition) is 3. The second-order valence-electron chi connectivity index (χ2n) is 7.57. The summed E-state index contributed by atoms with van der Waals surface area (Å²) >= 11 is 6.18. The number of nitrogens with zero attached hydrogens (tertiary/aromatic N) is 3. The number of fused-ring (bicyclic) bond motifs is 1. The highest BCUT2D eigenvalue weighted by molar-refractivity contribution is 6.31. The summed E-state index contributed by atoms with van der Waals surface area (Å²) in [6.45, 7) is 0.558. The summed E-state index contributed by atoms with van der Waals surface area (Å²) in [6, 6.07) is 5.48. The first kappa shape index (κ1) is 18.4. The van der Waals surface area contributed by atoms with Crippen LogP contribution in [0.15, 0.2) is 18.2 Å². The van der Waals surface area contributed by atoms with Gasteiger partial charge in [0.15, 0.2) is 0 Å². The van der Waals surface area contributed by atoms with Crippen LogP contribution in [0.3, 0.4) is 0 Å². The molecule has 0 spiro atoms. The van der Waals surface area contributed by atoms with Gasteiger partial charge in [-0.2, -0.15) is 5.10 Å². The molecule has 1 aromatic heterocycles. The molecule has 1 heterocycles. The van der Waals surface area contributed by atoms with Gasteiger partial charge in [0.2, 0.25) is 0 Å². The Hall–Kier alpha value is -2.01. The van der Waals surface area contributed by atoms with Crippen LogP contribution in [-0.2, 0) is 26.4 Å². The highest BCUT2D eigenvalue weighted by Gasteiger charge is 2.32. The average Bonchev–Trinajstić information content (AvgIpc) is 3.40. The Labute approximate surface area is 165 Å². The smallest absolute Gasteiger partial charge is 0.258 e. The Morgan fingerprint density at radius 2 is 2.07 bits per heavy atom. The highest BCUT2D eigenvalue weighted by Crippen LogP contribution is 2.32. The van der Waals surface area contributed by atoms with Crippen LogP contribution in [0.5, 0.6) is 5.75 Å². The number of ether oxygens (including phenoxy) is 1. The molecule has 27 heavy (non-hydrogen) atoms. The summed E-state index contributed by atoms with van der Waals surface area (Å²) in [7, 11) is 3.60. The maximum atomic E-state index is 13.5. The van der Waals surface area contributed by atoms with Crippen LogP contribution < -0.4 is 4.74 Å². The molecule has 0 bridgehead atoms. The number of hydrogen-bond donors (Lipinski definition) is 0. The van der Waals surface area contributed by atoms with Gasteiger partial charge in [-0.25, -0.2) is 0 Å². The minimum absolute atomic E-state index is 0.0151. The predicted octanol–water partition coefficient (Wildman–Crippen LogP) is 4.16. The van der Waals surface area contributed by atoms with Crippen molar-refractivity contribution in [3.8, 4) is 5.75 Å². The molecule has 1 aromatic carbocycles. The standard InChI is InChI=1S/C21H26ClN3O2/c1-24-19-9-5-8-16(19)18(23-24)13-25(15-6-3-4-7-15)21(26)17-12-14(22)10-11-20(17)27-2/h10-12,15H,3-9,13H2,1-2H3. The summed E-state index contributed by atoms with van der Waals surface area (Å²) in [4.78, 5) is 15.5. The van der Waals surface area contributed by atoms with Gasteiger partial charge in [0.05, 0.1) is 24.9 Å². The van der Waals surface area contributed by atoms with Crippen molar-refractivity contribution in [2.24, 2.45) is 7.05 Å². The Kier molecular flexibility index (Phi) is 5.13. The van der Waals surface area contributed by atoms with Crippen molar-refractivity contribution in [1.29, 1.82) is 0 Å². The van der Waals surface area contributed by atoms with Gasteiger partial charge in [-0.15, -0.1) is 0 Å². The Morgan fingerprint density at radius 3 is 2.81 bits per heavy atom. The third-order valence-electron chi connectivity index (χ3n) is 5.94. The Morgan fingerprint density at radius 1 is 1.30 bits per heavy atom. The number of carbonyl (C=O) groups excluding carboxylic acids is 1. The summed E-state index contributed by atoms with van der Waals surface area (Å²) in [5.41, 5.74) is 4.24. The lowest BCUT2D eigenvalue weighted by atomic mass is 10.1. The van der Waals surface area contributed by atoms with Crippen LogP contribution in [0.2, 0.25) is 5.02 Å². The van der Waals surface area contributed by atoms with E-state index in [0.29, 0.717) is 22.9 Å². The molecule has 144 valence electrons. The van der Waals surface area contributed by atoms with Crippen LogP contribution in [-0.4, -0.2) is 33.7 Å². The molecule has 0 atom stereocenters. The van der Waals surface area contributed by atoms with Crippen molar-refractivity contribution in [1.82, 2.24) is 14.7 Å². The van der Waals surface area contributed by atoms with Crippen molar-refractivity contribution in [3.05, 3.63) is 45.7 Å². The first-order valence-corrected chi connectivity index (χ1v) is 10.1. The van der Waals surface area contributed by atoms with Crippen LogP contribution in [0.25, 0.3) is 0 Å². The van der Waals surface area contributed by atoms with E-state index in [1.807, 2.05) is 16.6 Å². The van der Waals surface area contributed by atoms with Gasteiger partial charge >= 0.3 is 0 Å². The normalized spacial score (nSPS) is 16.6. The second-order valence-corrected chi connectivity index (χ2v) is 8.00. The lowest BCUT2D eigenvalue weighted by Gasteiger charge is -2.29. The quantitative estimate of drug-likeness (QED) is 0.774. The third-order valence-corrected chi connectivity index (χ3v) is 6.17. The molecular formula is C21H26ClN3O2. The van der Waals surface area contributed by atoms with Gasteiger partial charge in [-0.05, 0) is 55.9 Å². The molecule has 0 unspecified atom stereocenters. The largest absolute Gasteiger partial charge is 0.496 e. The van der Waals surface area contributed by atoms with E-state index in [1.54, 1.807) is 25.3 Å². The Bertz CT molecular complexity index is 855. The summed E-state index contributed by atoms with van der Waals surface area (Å²) in [6.07, 6.45) is 7.74.